The van der Waals surface area contributed by atoms with Crippen molar-refractivity contribution >= 4 is 23.6 Å². The van der Waals surface area contributed by atoms with Crippen LogP contribution < -0.4 is 15.5 Å². The topological polar surface area (TPSA) is 99.2 Å². The van der Waals surface area contributed by atoms with Crippen LogP contribution in [-0.4, -0.2) is 70.5 Å². The van der Waals surface area contributed by atoms with Crippen LogP contribution in [0.15, 0.2) is 18.3 Å². The molecule has 9 heteroatoms. The molecule has 0 bridgehead atoms. The lowest BCUT2D eigenvalue weighted by Crippen LogP contribution is -2.45. The monoisotopic (exact) mass is 396 g/mol. The maximum atomic E-state index is 12.6. The Labute approximate surface area is 171 Å². The lowest BCUT2D eigenvalue weighted by molar-refractivity contribution is 0.0952. The molecule has 1 aliphatic carbocycles. The third-order valence-electron chi connectivity index (χ3n) is 5.30. The zero-order chi connectivity index (χ0) is 20.2. The Morgan fingerprint density at radius 1 is 1.17 bits per heavy atom. The van der Waals surface area contributed by atoms with Crippen molar-refractivity contribution < 1.29 is 4.79 Å². The molecule has 1 amide bonds. The number of nitrogens with one attached hydrogen (secondary N) is 2. The van der Waals surface area contributed by atoms with Crippen molar-refractivity contribution in [3.05, 3.63) is 29.7 Å². The number of amides is 1. The van der Waals surface area contributed by atoms with Gasteiger partial charge in [0.05, 0.1) is 5.56 Å². The minimum absolute atomic E-state index is 0.128. The van der Waals surface area contributed by atoms with Crippen molar-refractivity contribution in [1.82, 2.24) is 30.2 Å². The molecular formula is C20H28N8O. The number of pyridine rings is 1. The number of carbonyl (C=O) groups is 1. The van der Waals surface area contributed by atoms with E-state index in [-0.39, 0.29) is 5.91 Å². The number of hydrogen-bond donors (Lipinski definition) is 2. The molecule has 1 aliphatic heterocycles. The predicted molar refractivity (Wildman–Crippen MR) is 111 cm³/mol. The summed E-state index contributed by atoms with van der Waals surface area (Å²) in [5, 5.41) is 6.14. The Morgan fingerprint density at radius 3 is 2.69 bits per heavy atom. The van der Waals surface area contributed by atoms with Crippen molar-refractivity contribution in [3.63, 3.8) is 0 Å². The van der Waals surface area contributed by atoms with Crippen molar-refractivity contribution in [3.8, 4) is 0 Å². The summed E-state index contributed by atoms with van der Waals surface area (Å²) < 4.78 is 0. The Morgan fingerprint density at radius 2 is 1.97 bits per heavy atom. The van der Waals surface area contributed by atoms with E-state index in [0.29, 0.717) is 48.0 Å². The van der Waals surface area contributed by atoms with Gasteiger partial charge in [0.2, 0.25) is 11.9 Å². The fraction of sp³-hybridized carbons (Fsp3) is 0.550. The number of aryl methyl sites for hydroxylation is 1. The summed E-state index contributed by atoms with van der Waals surface area (Å²) in [6, 6.07) is 3.53. The average molecular weight is 396 g/mol. The summed E-state index contributed by atoms with van der Waals surface area (Å²) in [5.74, 6) is 2.75. The number of nitrogens with zero attached hydrogens (tertiary/aromatic N) is 6. The SMILES string of the molecule is CCc1nc(Nc2ncccc2C(=O)NCC2CC2)nc(N2CCN(C)CC2)n1. The number of rotatable bonds is 7. The lowest BCUT2D eigenvalue weighted by Gasteiger charge is -2.32. The highest BCUT2D eigenvalue weighted by molar-refractivity contribution is 5.99. The van der Waals surface area contributed by atoms with Gasteiger partial charge in [-0.2, -0.15) is 15.0 Å². The van der Waals surface area contributed by atoms with E-state index in [0.717, 1.165) is 26.2 Å². The molecule has 9 nitrogen and oxygen atoms in total. The molecule has 0 radical (unpaired) electrons. The molecule has 0 spiro atoms. The number of anilines is 3. The van der Waals surface area contributed by atoms with E-state index in [1.807, 2.05) is 6.92 Å². The first-order chi connectivity index (χ1) is 14.1. The van der Waals surface area contributed by atoms with E-state index in [1.165, 1.54) is 12.8 Å². The van der Waals surface area contributed by atoms with Crippen molar-refractivity contribution in [2.75, 3.05) is 50.0 Å². The number of likely N-dealkylation sites (N-methyl/N-ethyl adjacent to an activating group) is 1. The van der Waals surface area contributed by atoms with Crippen molar-refractivity contribution in [2.45, 2.75) is 26.2 Å². The summed E-state index contributed by atoms with van der Waals surface area (Å²) in [7, 11) is 2.12. The van der Waals surface area contributed by atoms with E-state index >= 15 is 0 Å². The first kappa shape index (κ1) is 19.5. The van der Waals surface area contributed by atoms with Crippen LogP contribution in [0, 0.1) is 5.92 Å². The lowest BCUT2D eigenvalue weighted by atomic mass is 10.2. The minimum atomic E-state index is -0.128. The summed E-state index contributed by atoms with van der Waals surface area (Å²) in [4.78, 5) is 35.1. The standard InChI is InChI=1S/C20H28N8O/c1-3-16-23-19(26-20(24-16)28-11-9-27(2)10-12-28)25-17-15(5-4-8-21-17)18(29)22-13-14-6-7-14/h4-5,8,14H,3,6-7,9-13H2,1-2H3,(H,22,29)(H,21,23,24,25,26). The Balaban J connectivity index is 1.54. The second kappa shape index (κ2) is 8.69. The normalized spacial score (nSPS) is 17.2. The molecule has 4 rings (SSSR count). The third kappa shape index (κ3) is 4.97. The largest absolute Gasteiger partial charge is 0.352 e. The number of hydrogen-bond acceptors (Lipinski definition) is 8. The van der Waals surface area contributed by atoms with Crippen LogP contribution in [0.2, 0.25) is 0 Å². The number of piperazine rings is 1. The van der Waals surface area contributed by atoms with Gasteiger partial charge in [-0.1, -0.05) is 6.92 Å². The molecule has 0 atom stereocenters. The van der Waals surface area contributed by atoms with E-state index in [2.05, 4.69) is 47.4 Å². The molecule has 0 aromatic carbocycles. The van der Waals surface area contributed by atoms with Gasteiger partial charge in [-0.05, 0) is 37.9 Å². The van der Waals surface area contributed by atoms with E-state index < -0.39 is 0 Å². The van der Waals surface area contributed by atoms with Gasteiger partial charge in [-0.25, -0.2) is 4.98 Å². The van der Waals surface area contributed by atoms with Crippen molar-refractivity contribution in [2.24, 2.45) is 5.92 Å². The van der Waals surface area contributed by atoms with E-state index in [4.69, 9.17) is 0 Å². The van der Waals surface area contributed by atoms with Gasteiger partial charge < -0.3 is 20.4 Å². The van der Waals surface area contributed by atoms with Crippen LogP contribution in [-0.2, 0) is 6.42 Å². The van der Waals surface area contributed by atoms with Crippen LogP contribution in [0.3, 0.4) is 0 Å². The average Bonchev–Trinajstić information content (AvgIpc) is 3.57. The third-order valence-corrected chi connectivity index (χ3v) is 5.30. The molecule has 2 fully saturated rings. The second-order valence-electron chi connectivity index (χ2n) is 7.70. The molecule has 1 saturated carbocycles. The first-order valence-electron chi connectivity index (χ1n) is 10.3. The van der Waals surface area contributed by atoms with Gasteiger partial charge in [0, 0.05) is 45.3 Å². The Kier molecular flexibility index (Phi) is 5.84. The van der Waals surface area contributed by atoms with Crippen LogP contribution in [0.1, 0.15) is 35.9 Å². The predicted octanol–water partition coefficient (Wildman–Crippen LogP) is 1.46. The summed E-state index contributed by atoms with van der Waals surface area (Å²) >= 11 is 0. The van der Waals surface area contributed by atoms with Gasteiger partial charge in [0.15, 0.2) is 0 Å². The van der Waals surface area contributed by atoms with Gasteiger partial charge in [-0.15, -0.1) is 0 Å². The maximum Gasteiger partial charge on any atom is 0.255 e. The molecule has 1 saturated heterocycles. The van der Waals surface area contributed by atoms with Crippen LogP contribution in [0.4, 0.5) is 17.7 Å². The molecule has 2 aliphatic rings. The molecule has 154 valence electrons. The van der Waals surface area contributed by atoms with Crippen molar-refractivity contribution in [1.29, 1.82) is 0 Å². The highest BCUT2D eigenvalue weighted by Gasteiger charge is 2.23. The molecule has 2 aromatic heterocycles. The van der Waals surface area contributed by atoms with Gasteiger partial charge in [-0.3, -0.25) is 4.79 Å². The molecule has 2 aromatic rings. The Hall–Kier alpha value is -2.81. The molecule has 0 unspecified atom stereocenters. The summed E-state index contributed by atoms with van der Waals surface area (Å²) in [6.07, 6.45) is 4.74. The second-order valence-corrected chi connectivity index (χ2v) is 7.70. The quantitative estimate of drug-likeness (QED) is 0.726. The molecular weight excluding hydrogens is 368 g/mol. The van der Waals surface area contributed by atoms with E-state index in [9.17, 15) is 4.79 Å². The number of carbonyl (C=O) groups excluding carboxylic acids is 1. The minimum Gasteiger partial charge on any atom is -0.352 e. The first-order valence-corrected chi connectivity index (χ1v) is 10.3. The highest BCUT2D eigenvalue weighted by Crippen LogP contribution is 2.28. The van der Waals surface area contributed by atoms with Gasteiger partial charge in [0.25, 0.3) is 5.91 Å². The van der Waals surface area contributed by atoms with Crippen LogP contribution >= 0.6 is 0 Å². The van der Waals surface area contributed by atoms with Crippen LogP contribution in [0.25, 0.3) is 0 Å². The summed E-state index contributed by atoms with van der Waals surface area (Å²) in [6.45, 7) is 6.43. The maximum absolute atomic E-state index is 12.6. The zero-order valence-corrected chi connectivity index (χ0v) is 17.1. The highest BCUT2D eigenvalue weighted by atomic mass is 16.1. The van der Waals surface area contributed by atoms with Gasteiger partial charge >= 0.3 is 0 Å². The van der Waals surface area contributed by atoms with E-state index in [1.54, 1.807) is 18.3 Å². The fourth-order valence-electron chi connectivity index (χ4n) is 3.22. The number of aromatic nitrogens is 4. The Bertz CT molecular complexity index is 861. The molecule has 29 heavy (non-hydrogen) atoms. The van der Waals surface area contributed by atoms with Gasteiger partial charge in [0.1, 0.15) is 11.6 Å². The smallest absolute Gasteiger partial charge is 0.255 e. The summed E-state index contributed by atoms with van der Waals surface area (Å²) in [5.41, 5.74) is 0.493. The molecule has 3 heterocycles. The zero-order valence-electron chi connectivity index (χ0n) is 17.1. The molecule has 2 N–H and O–H groups in total. The fourth-order valence-corrected chi connectivity index (χ4v) is 3.22. The van der Waals surface area contributed by atoms with Crippen LogP contribution in [0.5, 0.6) is 0 Å².